The molecule has 1 fully saturated rings. The highest BCUT2D eigenvalue weighted by atomic mass is 16.5. The van der Waals surface area contributed by atoms with E-state index in [1.807, 2.05) is 29.2 Å². The van der Waals surface area contributed by atoms with Crippen molar-refractivity contribution in [3.63, 3.8) is 0 Å². The van der Waals surface area contributed by atoms with Crippen LogP contribution in [0, 0.1) is 0 Å². The number of hydrogen-bond acceptors (Lipinski definition) is 3. The highest BCUT2D eigenvalue weighted by Crippen LogP contribution is 2.34. The zero-order valence-corrected chi connectivity index (χ0v) is 12.5. The Labute approximate surface area is 120 Å². The van der Waals surface area contributed by atoms with E-state index in [9.17, 15) is 4.79 Å². The fourth-order valence-electron chi connectivity index (χ4n) is 2.86. The molecule has 110 valence electrons. The van der Waals surface area contributed by atoms with Crippen molar-refractivity contribution >= 4 is 5.91 Å². The highest BCUT2D eigenvalue weighted by Gasteiger charge is 2.36. The molecule has 20 heavy (non-hydrogen) atoms. The van der Waals surface area contributed by atoms with Gasteiger partial charge in [0.1, 0.15) is 5.75 Å². The number of piperidine rings is 1. The molecule has 3 unspecified atom stereocenters. The number of rotatable bonds is 4. The third kappa shape index (κ3) is 2.80. The number of amides is 1. The molecule has 2 rings (SSSR count). The van der Waals surface area contributed by atoms with Crippen LogP contribution in [0.3, 0.4) is 0 Å². The molecular formula is C16H24N2O2. The van der Waals surface area contributed by atoms with Crippen molar-refractivity contribution in [3.05, 3.63) is 29.8 Å². The maximum atomic E-state index is 12.3. The van der Waals surface area contributed by atoms with Crippen LogP contribution >= 0.6 is 0 Å². The van der Waals surface area contributed by atoms with Gasteiger partial charge < -0.3 is 15.4 Å². The minimum absolute atomic E-state index is 0.00454. The molecular weight excluding hydrogens is 252 g/mol. The zero-order valence-electron chi connectivity index (χ0n) is 12.5. The third-order valence-electron chi connectivity index (χ3n) is 4.21. The van der Waals surface area contributed by atoms with Crippen molar-refractivity contribution < 1.29 is 9.53 Å². The molecule has 1 aromatic rings. The summed E-state index contributed by atoms with van der Waals surface area (Å²) in [5, 5.41) is 0. The van der Waals surface area contributed by atoms with E-state index in [1.165, 1.54) is 0 Å². The van der Waals surface area contributed by atoms with Crippen LogP contribution in [0.5, 0.6) is 5.75 Å². The van der Waals surface area contributed by atoms with Gasteiger partial charge in [0.05, 0.1) is 13.2 Å². The SMILES string of the molecule is CCC(C)N1C(=O)CCC(N)C1c1ccc(OC)cc1. The van der Waals surface area contributed by atoms with Gasteiger partial charge in [-0.1, -0.05) is 19.1 Å². The Morgan fingerprint density at radius 3 is 2.60 bits per heavy atom. The number of hydrogen-bond donors (Lipinski definition) is 1. The van der Waals surface area contributed by atoms with Gasteiger partial charge in [0.15, 0.2) is 0 Å². The summed E-state index contributed by atoms with van der Waals surface area (Å²) in [6, 6.07) is 8.05. The Balaban J connectivity index is 2.33. The molecule has 0 spiro atoms. The average Bonchev–Trinajstić information content (AvgIpc) is 2.48. The van der Waals surface area contributed by atoms with Crippen LogP contribution in [-0.4, -0.2) is 30.0 Å². The smallest absolute Gasteiger partial charge is 0.223 e. The summed E-state index contributed by atoms with van der Waals surface area (Å²) in [5.41, 5.74) is 7.39. The van der Waals surface area contributed by atoms with Gasteiger partial charge in [0.2, 0.25) is 5.91 Å². The minimum atomic E-state index is -0.0305. The first kappa shape index (κ1) is 14.9. The van der Waals surface area contributed by atoms with E-state index in [1.54, 1.807) is 7.11 Å². The second kappa shape index (κ2) is 6.27. The first-order chi connectivity index (χ1) is 9.58. The normalized spacial score (nSPS) is 24.6. The number of nitrogens with two attached hydrogens (primary N) is 1. The van der Waals surface area contributed by atoms with Crippen LogP contribution in [0.25, 0.3) is 0 Å². The first-order valence-corrected chi connectivity index (χ1v) is 7.29. The predicted octanol–water partition coefficient (Wildman–Crippen LogP) is 2.48. The number of ether oxygens (including phenoxy) is 1. The number of nitrogens with zero attached hydrogens (tertiary/aromatic N) is 1. The Morgan fingerprint density at radius 2 is 2.05 bits per heavy atom. The van der Waals surface area contributed by atoms with Gasteiger partial charge in [-0.05, 0) is 37.5 Å². The van der Waals surface area contributed by atoms with E-state index in [0.717, 1.165) is 24.2 Å². The average molecular weight is 276 g/mol. The lowest BCUT2D eigenvalue weighted by molar-refractivity contribution is -0.140. The molecule has 1 aliphatic heterocycles. The van der Waals surface area contributed by atoms with Crippen molar-refractivity contribution in [3.8, 4) is 5.75 Å². The summed E-state index contributed by atoms with van der Waals surface area (Å²) in [7, 11) is 1.65. The summed E-state index contributed by atoms with van der Waals surface area (Å²) in [4.78, 5) is 14.3. The summed E-state index contributed by atoms with van der Waals surface area (Å²) in [5.74, 6) is 1.03. The monoisotopic (exact) mass is 276 g/mol. The van der Waals surface area contributed by atoms with E-state index >= 15 is 0 Å². The Bertz CT molecular complexity index is 458. The molecule has 4 heteroatoms. The number of methoxy groups -OCH3 is 1. The van der Waals surface area contributed by atoms with Crippen LogP contribution in [0.15, 0.2) is 24.3 Å². The maximum Gasteiger partial charge on any atom is 0.223 e. The topological polar surface area (TPSA) is 55.6 Å². The Morgan fingerprint density at radius 1 is 1.40 bits per heavy atom. The second-order valence-electron chi connectivity index (χ2n) is 5.48. The lowest BCUT2D eigenvalue weighted by Gasteiger charge is -2.43. The fraction of sp³-hybridized carbons (Fsp3) is 0.562. The molecule has 1 aromatic carbocycles. The second-order valence-corrected chi connectivity index (χ2v) is 5.48. The van der Waals surface area contributed by atoms with Gasteiger partial charge in [-0.25, -0.2) is 0 Å². The molecule has 0 saturated carbocycles. The van der Waals surface area contributed by atoms with Crippen LogP contribution < -0.4 is 10.5 Å². The summed E-state index contributed by atoms with van der Waals surface area (Å²) < 4.78 is 5.19. The number of likely N-dealkylation sites (tertiary alicyclic amines) is 1. The molecule has 2 N–H and O–H groups in total. The molecule has 1 amide bonds. The maximum absolute atomic E-state index is 12.3. The molecule has 3 atom stereocenters. The molecule has 0 radical (unpaired) electrons. The zero-order chi connectivity index (χ0) is 14.7. The van der Waals surface area contributed by atoms with Crippen molar-refractivity contribution in [2.75, 3.05) is 7.11 Å². The van der Waals surface area contributed by atoms with Gasteiger partial charge in [0.25, 0.3) is 0 Å². The summed E-state index contributed by atoms with van der Waals surface area (Å²) in [6.07, 6.45) is 2.24. The highest BCUT2D eigenvalue weighted by molar-refractivity contribution is 5.78. The van der Waals surface area contributed by atoms with Crippen molar-refractivity contribution in [1.82, 2.24) is 4.90 Å². The van der Waals surface area contributed by atoms with Crippen LogP contribution in [0.1, 0.15) is 44.7 Å². The first-order valence-electron chi connectivity index (χ1n) is 7.29. The summed E-state index contributed by atoms with van der Waals surface area (Å²) >= 11 is 0. The molecule has 0 bridgehead atoms. The largest absolute Gasteiger partial charge is 0.497 e. The molecule has 1 heterocycles. The van der Waals surface area contributed by atoms with Crippen molar-refractivity contribution in [2.45, 2.75) is 51.2 Å². The number of carbonyl (C=O) groups excluding carboxylic acids is 1. The Hall–Kier alpha value is -1.55. The van der Waals surface area contributed by atoms with E-state index in [2.05, 4.69) is 13.8 Å². The molecule has 0 aliphatic carbocycles. The van der Waals surface area contributed by atoms with Gasteiger partial charge in [-0.15, -0.1) is 0 Å². The van der Waals surface area contributed by atoms with E-state index in [0.29, 0.717) is 6.42 Å². The molecule has 0 aromatic heterocycles. The van der Waals surface area contributed by atoms with Crippen molar-refractivity contribution in [2.24, 2.45) is 5.73 Å². The lowest BCUT2D eigenvalue weighted by atomic mass is 9.89. The third-order valence-corrected chi connectivity index (χ3v) is 4.21. The Kier molecular flexibility index (Phi) is 4.65. The van der Waals surface area contributed by atoms with Gasteiger partial charge in [0, 0.05) is 18.5 Å². The van der Waals surface area contributed by atoms with Crippen LogP contribution in [0.2, 0.25) is 0 Å². The predicted molar refractivity (Wildman–Crippen MR) is 79.5 cm³/mol. The lowest BCUT2D eigenvalue weighted by Crippen LogP contribution is -2.52. The van der Waals surface area contributed by atoms with E-state index in [-0.39, 0.29) is 24.0 Å². The standard InChI is InChI=1S/C16H24N2O2/c1-4-11(2)18-15(19)10-9-14(17)16(18)12-5-7-13(20-3)8-6-12/h5-8,11,14,16H,4,9-10,17H2,1-3H3. The van der Waals surface area contributed by atoms with E-state index in [4.69, 9.17) is 10.5 Å². The number of carbonyl (C=O) groups is 1. The molecule has 1 saturated heterocycles. The van der Waals surface area contributed by atoms with E-state index < -0.39 is 0 Å². The number of benzene rings is 1. The molecule has 4 nitrogen and oxygen atoms in total. The summed E-state index contributed by atoms with van der Waals surface area (Å²) in [6.45, 7) is 4.19. The van der Waals surface area contributed by atoms with Gasteiger partial charge in [-0.3, -0.25) is 4.79 Å². The van der Waals surface area contributed by atoms with Gasteiger partial charge >= 0.3 is 0 Å². The van der Waals surface area contributed by atoms with Crippen LogP contribution in [0.4, 0.5) is 0 Å². The quantitative estimate of drug-likeness (QED) is 0.919. The molecule has 1 aliphatic rings. The van der Waals surface area contributed by atoms with Gasteiger partial charge in [-0.2, -0.15) is 0 Å². The van der Waals surface area contributed by atoms with Crippen LogP contribution in [-0.2, 0) is 4.79 Å². The fourth-order valence-corrected chi connectivity index (χ4v) is 2.86. The minimum Gasteiger partial charge on any atom is -0.497 e. The van der Waals surface area contributed by atoms with Crippen molar-refractivity contribution in [1.29, 1.82) is 0 Å².